The Bertz CT molecular complexity index is 508. The van der Waals surface area contributed by atoms with Gasteiger partial charge in [0.25, 0.3) is 5.91 Å². The molecule has 2 N–H and O–H groups in total. The lowest BCUT2D eigenvalue weighted by atomic mass is 10.2. The summed E-state index contributed by atoms with van der Waals surface area (Å²) in [5.74, 6) is -0.0734. The molecule has 0 saturated heterocycles. The molecule has 92 valence electrons. The molecule has 0 unspecified atom stereocenters. The number of hydrogen-bond acceptors (Lipinski definition) is 3. The van der Waals surface area contributed by atoms with Crippen molar-refractivity contribution in [2.24, 2.45) is 0 Å². The van der Waals surface area contributed by atoms with Crippen LogP contribution < -0.4 is 10.6 Å². The van der Waals surface area contributed by atoms with Crippen LogP contribution in [-0.2, 0) is 6.54 Å². The number of benzene rings is 1. The molecule has 18 heavy (non-hydrogen) atoms. The zero-order chi connectivity index (χ0) is 12.8. The molecule has 4 nitrogen and oxygen atoms in total. The summed E-state index contributed by atoms with van der Waals surface area (Å²) in [5, 5.41) is 5.88. The number of pyridine rings is 1. The molecule has 1 aromatic heterocycles. The van der Waals surface area contributed by atoms with Crippen LogP contribution in [0.1, 0.15) is 15.9 Å². The molecule has 0 aliphatic rings. The molecule has 0 aliphatic heterocycles. The molecule has 0 fully saturated rings. The van der Waals surface area contributed by atoms with Crippen molar-refractivity contribution in [2.75, 3.05) is 12.4 Å². The number of nitrogens with one attached hydrogen (secondary N) is 2. The van der Waals surface area contributed by atoms with Gasteiger partial charge in [0.1, 0.15) is 0 Å². The van der Waals surface area contributed by atoms with E-state index in [0.717, 1.165) is 12.2 Å². The lowest BCUT2D eigenvalue weighted by Gasteiger charge is -2.07. The molecule has 1 amide bonds. The van der Waals surface area contributed by atoms with Crippen LogP contribution in [0.5, 0.6) is 0 Å². The largest absolute Gasteiger partial charge is 0.381 e. The molecule has 0 atom stereocenters. The van der Waals surface area contributed by atoms with Crippen molar-refractivity contribution in [2.45, 2.75) is 6.54 Å². The molecule has 0 radical (unpaired) electrons. The summed E-state index contributed by atoms with van der Waals surface area (Å²) >= 11 is 0. The number of carbonyl (C=O) groups excluding carboxylic acids is 1. The fraction of sp³-hybridized carbons (Fsp3) is 0.143. The Balaban J connectivity index is 1.97. The van der Waals surface area contributed by atoms with E-state index in [4.69, 9.17) is 0 Å². The maximum atomic E-state index is 11.4. The van der Waals surface area contributed by atoms with E-state index in [1.807, 2.05) is 24.3 Å². The van der Waals surface area contributed by atoms with Gasteiger partial charge in [-0.2, -0.15) is 0 Å². The Labute approximate surface area is 106 Å². The number of amides is 1. The fourth-order valence-corrected chi connectivity index (χ4v) is 1.59. The molecule has 1 aromatic carbocycles. The van der Waals surface area contributed by atoms with E-state index in [1.165, 1.54) is 5.56 Å². The number of rotatable bonds is 4. The van der Waals surface area contributed by atoms with Gasteiger partial charge in [-0.1, -0.05) is 0 Å². The normalized spacial score (nSPS) is 9.83. The zero-order valence-corrected chi connectivity index (χ0v) is 10.2. The zero-order valence-electron chi connectivity index (χ0n) is 10.2. The van der Waals surface area contributed by atoms with Crippen molar-refractivity contribution in [3.8, 4) is 0 Å². The van der Waals surface area contributed by atoms with Crippen molar-refractivity contribution in [1.29, 1.82) is 0 Å². The van der Waals surface area contributed by atoms with Crippen LogP contribution in [0.15, 0.2) is 48.8 Å². The molecule has 4 heteroatoms. The molecule has 1 heterocycles. The standard InChI is InChI=1S/C14H15N3O/c1-15-14(18)12-2-4-13(5-3-12)17-10-11-6-8-16-9-7-11/h2-9,17H,10H2,1H3,(H,15,18). The minimum absolute atomic E-state index is 0.0734. The summed E-state index contributed by atoms with van der Waals surface area (Å²) < 4.78 is 0. The summed E-state index contributed by atoms with van der Waals surface area (Å²) in [4.78, 5) is 15.3. The lowest BCUT2D eigenvalue weighted by Crippen LogP contribution is -2.17. The van der Waals surface area contributed by atoms with E-state index in [-0.39, 0.29) is 5.91 Å². The summed E-state index contributed by atoms with van der Waals surface area (Å²) in [6.45, 7) is 0.738. The predicted octanol–water partition coefficient (Wildman–Crippen LogP) is 2.05. The Kier molecular flexibility index (Phi) is 3.91. The monoisotopic (exact) mass is 241 g/mol. The lowest BCUT2D eigenvalue weighted by molar-refractivity contribution is 0.0963. The van der Waals surface area contributed by atoms with Gasteiger partial charge in [0.05, 0.1) is 0 Å². The second kappa shape index (κ2) is 5.82. The number of nitrogens with zero attached hydrogens (tertiary/aromatic N) is 1. The number of aromatic nitrogens is 1. The Hall–Kier alpha value is -2.36. The molecule has 0 aliphatic carbocycles. The second-order valence-electron chi connectivity index (χ2n) is 3.87. The van der Waals surface area contributed by atoms with Crippen molar-refractivity contribution >= 4 is 11.6 Å². The van der Waals surface area contributed by atoms with Crippen LogP contribution in [0.2, 0.25) is 0 Å². The highest BCUT2D eigenvalue weighted by Gasteiger charge is 2.01. The summed E-state index contributed by atoms with van der Waals surface area (Å²) in [6, 6.07) is 11.3. The van der Waals surface area contributed by atoms with Crippen LogP contribution in [0, 0.1) is 0 Å². The SMILES string of the molecule is CNC(=O)c1ccc(NCc2ccncc2)cc1. The Morgan fingerprint density at radius 3 is 2.39 bits per heavy atom. The molecule has 0 saturated carbocycles. The first kappa shape index (κ1) is 12.1. The fourth-order valence-electron chi connectivity index (χ4n) is 1.59. The van der Waals surface area contributed by atoms with Gasteiger partial charge in [0.15, 0.2) is 0 Å². The maximum Gasteiger partial charge on any atom is 0.251 e. The summed E-state index contributed by atoms with van der Waals surface area (Å²) in [5.41, 5.74) is 2.81. The first-order valence-electron chi connectivity index (χ1n) is 5.74. The van der Waals surface area contributed by atoms with E-state index in [1.54, 1.807) is 31.6 Å². The minimum atomic E-state index is -0.0734. The number of carbonyl (C=O) groups is 1. The molecule has 0 bridgehead atoms. The van der Waals surface area contributed by atoms with Crippen molar-refractivity contribution in [1.82, 2.24) is 10.3 Å². The van der Waals surface area contributed by atoms with Crippen molar-refractivity contribution in [3.63, 3.8) is 0 Å². The van der Waals surface area contributed by atoms with E-state index in [0.29, 0.717) is 5.56 Å². The average molecular weight is 241 g/mol. The first-order chi connectivity index (χ1) is 8.79. The quantitative estimate of drug-likeness (QED) is 0.861. The van der Waals surface area contributed by atoms with Crippen molar-refractivity contribution in [3.05, 3.63) is 59.9 Å². The molecular formula is C14H15N3O. The van der Waals surface area contributed by atoms with Crippen LogP contribution in [0.25, 0.3) is 0 Å². The highest BCUT2D eigenvalue weighted by molar-refractivity contribution is 5.94. The Morgan fingerprint density at radius 1 is 1.11 bits per heavy atom. The molecule has 2 aromatic rings. The van der Waals surface area contributed by atoms with Crippen LogP contribution >= 0.6 is 0 Å². The topological polar surface area (TPSA) is 54.0 Å². The van der Waals surface area contributed by atoms with Crippen LogP contribution in [0.4, 0.5) is 5.69 Å². The summed E-state index contributed by atoms with van der Waals surface area (Å²) in [6.07, 6.45) is 3.54. The van der Waals surface area contributed by atoms with E-state index >= 15 is 0 Å². The van der Waals surface area contributed by atoms with Gasteiger partial charge in [-0.25, -0.2) is 0 Å². The van der Waals surface area contributed by atoms with Gasteiger partial charge in [0.2, 0.25) is 0 Å². The van der Waals surface area contributed by atoms with E-state index < -0.39 is 0 Å². The Morgan fingerprint density at radius 2 is 1.78 bits per heavy atom. The highest BCUT2D eigenvalue weighted by atomic mass is 16.1. The van der Waals surface area contributed by atoms with Gasteiger partial charge >= 0.3 is 0 Å². The van der Waals surface area contributed by atoms with Gasteiger partial charge in [-0.3, -0.25) is 9.78 Å². The minimum Gasteiger partial charge on any atom is -0.381 e. The number of anilines is 1. The van der Waals surface area contributed by atoms with Gasteiger partial charge in [-0.05, 0) is 42.0 Å². The van der Waals surface area contributed by atoms with Crippen LogP contribution in [-0.4, -0.2) is 17.9 Å². The maximum absolute atomic E-state index is 11.4. The van der Waals surface area contributed by atoms with E-state index in [2.05, 4.69) is 15.6 Å². The predicted molar refractivity (Wildman–Crippen MR) is 71.4 cm³/mol. The van der Waals surface area contributed by atoms with E-state index in [9.17, 15) is 4.79 Å². The third-order valence-electron chi connectivity index (χ3n) is 2.62. The second-order valence-corrected chi connectivity index (χ2v) is 3.87. The van der Waals surface area contributed by atoms with Gasteiger partial charge in [0, 0.05) is 37.2 Å². The average Bonchev–Trinajstić information content (AvgIpc) is 2.46. The molecular weight excluding hydrogens is 226 g/mol. The molecule has 0 spiro atoms. The first-order valence-corrected chi connectivity index (χ1v) is 5.74. The summed E-state index contributed by atoms with van der Waals surface area (Å²) in [7, 11) is 1.62. The smallest absolute Gasteiger partial charge is 0.251 e. The molecule has 2 rings (SSSR count). The van der Waals surface area contributed by atoms with Crippen molar-refractivity contribution < 1.29 is 4.79 Å². The third-order valence-corrected chi connectivity index (χ3v) is 2.62. The van der Waals surface area contributed by atoms with Gasteiger partial charge < -0.3 is 10.6 Å². The highest BCUT2D eigenvalue weighted by Crippen LogP contribution is 2.11. The third kappa shape index (κ3) is 3.07. The number of hydrogen-bond donors (Lipinski definition) is 2. The van der Waals surface area contributed by atoms with Crippen LogP contribution in [0.3, 0.4) is 0 Å². The van der Waals surface area contributed by atoms with Gasteiger partial charge in [-0.15, -0.1) is 0 Å².